The van der Waals surface area contributed by atoms with Crippen LogP contribution in [0.15, 0.2) is 17.9 Å². The summed E-state index contributed by atoms with van der Waals surface area (Å²) in [5, 5.41) is 2.87. The first-order chi connectivity index (χ1) is 14.2. The number of alkyl halides is 3. The molecule has 172 valence electrons. The number of rotatable bonds is 5. The summed E-state index contributed by atoms with van der Waals surface area (Å²) in [7, 11) is -3.95. The van der Waals surface area contributed by atoms with Crippen molar-refractivity contribution in [2.45, 2.75) is 64.3 Å². The van der Waals surface area contributed by atoms with E-state index in [4.69, 9.17) is 8.92 Å². The van der Waals surface area contributed by atoms with Crippen molar-refractivity contribution in [3.8, 4) is 0 Å². The van der Waals surface area contributed by atoms with Crippen LogP contribution in [0.5, 0.6) is 0 Å². The van der Waals surface area contributed by atoms with Crippen LogP contribution in [0.2, 0.25) is 0 Å². The van der Waals surface area contributed by atoms with Gasteiger partial charge in [-0.25, -0.2) is 0 Å². The molecular weight excluding hydrogens is 435 g/mol. The lowest BCUT2D eigenvalue weighted by atomic mass is 9.79. The molecule has 3 rings (SSSR count). The van der Waals surface area contributed by atoms with E-state index in [1.807, 2.05) is 32.9 Å². The number of halogens is 3. The van der Waals surface area contributed by atoms with E-state index in [0.717, 1.165) is 22.9 Å². The van der Waals surface area contributed by atoms with E-state index in [1.54, 1.807) is 0 Å². The molecule has 6 nitrogen and oxygen atoms in total. The Hall–Kier alpha value is -2.07. The normalized spacial score (nSPS) is 24.6. The van der Waals surface area contributed by atoms with E-state index >= 15 is 0 Å². The highest BCUT2D eigenvalue weighted by molar-refractivity contribution is 7.86. The molecule has 31 heavy (non-hydrogen) atoms. The fraction of sp³-hybridized carbons (Fsp3) is 0.571. The van der Waals surface area contributed by atoms with Crippen molar-refractivity contribution in [1.29, 1.82) is 0 Å². The van der Waals surface area contributed by atoms with Crippen LogP contribution < -0.4 is 5.32 Å². The van der Waals surface area contributed by atoms with Crippen LogP contribution in [0.1, 0.15) is 47.9 Å². The lowest BCUT2D eigenvalue weighted by molar-refractivity contribution is -0.188. The van der Waals surface area contributed by atoms with Gasteiger partial charge in [0.15, 0.2) is 5.76 Å². The van der Waals surface area contributed by atoms with Gasteiger partial charge < -0.3 is 14.2 Å². The van der Waals surface area contributed by atoms with Crippen molar-refractivity contribution in [1.82, 2.24) is 5.32 Å². The second-order valence-corrected chi connectivity index (χ2v) is 10.0. The van der Waals surface area contributed by atoms with E-state index in [1.165, 1.54) is 0 Å². The minimum atomic E-state index is -4.42. The molecule has 1 spiro atoms. The van der Waals surface area contributed by atoms with Gasteiger partial charge in [-0.2, -0.15) is 21.6 Å². The van der Waals surface area contributed by atoms with Gasteiger partial charge in [0.25, 0.3) is 5.91 Å². The molecule has 0 radical (unpaired) electrons. The van der Waals surface area contributed by atoms with Crippen LogP contribution in [0.25, 0.3) is 5.57 Å². The van der Waals surface area contributed by atoms with Gasteiger partial charge >= 0.3 is 16.3 Å². The third kappa shape index (κ3) is 5.23. The molecule has 0 unspecified atom stereocenters. The maximum atomic E-state index is 13.0. The van der Waals surface area contributed by atoms with Crippen molar-refractivity contribution in [2.24, 2.45) is 0 Å². The van der Waals surface area contributed by atoms with Crippen molar-refractivity contribution in [2.75, 3.05) is 12.9 Å². The van der Waals surface area contributed by atoms with Crippen LogP contribution in [0.4, 0.5) is 13.2 Å². The molecule has 1 fully saturated rings. The van der Waals surface area contributed by atoms with Gasteiger partial charge in [-0.15, -0.1) is 0 Å². The summed E-state index contributed by atoms with van der Waals surface area (Å²) in [6, 6.07) is 3.79. The van der Waals surface area contributed by atoms with Crippen LogP contribution in [-0.2, 0) is 23.8 Å². The Kier molecular flexibility index (Phi) is 6.18. The van der Waals surface area contributed by atoms with Crippen molar-refractivity contribution in [3.63, 3.8) is 0 Å². The molecule has 1 heterocycles. The van der Waals surface area contributed by atoms with Crippen LogP contribution in [-0.4, -0.2) is 45.0 Å². The van der Waals surface area contributed by atoms with E-state index < -0.39 is 40.5 Å². The zero-order valence-electron chi connectivity index (χ0n) is 17.9. The molecule has 1 aliphatic carbocycles. The molecule has 1 aromatic carbocycles. The standard InChI is InChI=1S/C21H26F3NO5S/c1-12-9-13(2)16(14(3)10-12)17-18(30-31(4,27)28)20(25-19(17)26)7-5-15(6-8-20)29-11-21(22,23)24/h9-10,15H,5-8,11H2,1-4H3,(H,25,26). The molecule has 1 aromatic rings. The van der Waals surface area contributed by atoms with Crippen LogP contribution in [0.3, 0.4) is 0 Å². The molecule has 1 saturated carbocycles. The molecule has 1 aliphatic heterocycles. The van der Waals surface area contributed by atoms with E-state index in [0.29, 0.717) is 5.56 Å². The highest BCUT2D eigenvalue weighted by atomic mass is 32.2. The average molecular weight is 462 g/mol. The van der Waals surface area contributed by atoms with Gasteiger partial charge in [0.2, 0.25) is 0 Å². The van der Waals surface area contributed by atoms with Crippen molar-refractivity contribution >= 4 is 21.6 Å². The fourth-order valence-electron chi connectivity index (χ4n) is 4.57. The fourth-order valence-corrected chi connectivity index (χ4v) is 5.11. The number of ether oxygens (including phenoxy) is 1. The Bertz CT molecular complexity index is 999. The van der Waals surface area contributed by atoms with Gasteiger partial charge in [-0.05, 0) is 63.1 Å². The van der Waals surface area contributed by atoms with Gasteiger partial charge in [-0.3, -0.25) is 4.79 Å². The summed E-state index contributed by atoms with van der Waals surface area (Å²) in [5.41, 5.74) is 2.27. The lowest BCUT2D eigenvalue weighted by Crippen LogP contribution is -2.49. The minimum absolute atomic E-state index is 0.0179. The number of hydrogen-bond donors (Lipinski definition) is 1. The first kappa shape index (κ1) is 23.6. The predicted octanol–water partition coefficient (Wildman–Crippen LogP) is 3.69. The van der Waals surface area contributed by atoms with Gasteiger partial charge in [0.1, 0.15) is 12.1 Å². The lowest BCUT2D eigenvalue weighted by Gasteiger charge is -2.38. The highest BCUT2D eigenvalue weighted by Crippen LogP contribution is 2.45. The van der Waals surface area contributed by atoms with Crippen molar-refractivity contribution in [3.05, 3.63) is 40.1 Å². The van der Waals surface area contributed by atoms with E-state index in [-0.39, 0.29) is 37.0 Å². The largest absolute Gasteiger partial charge is 0.411 e. The number of hydrogen-bond acceptors (Lipinski definition) is 5. The first-order valence-corrected chi connectivity index (χ1v) is 11.8. The smallest absolute Gasteiger partial charge is 0.384 e. The molecule has 1 amide bonds. The maximum absolute atomic E-state index is 13.0. The summed E-state index contributed by atoms with van der Waals surface area (Å²) in [4.78, 5) is 13.0. The monoisotopic (exact) mass is 461 g/mol. The van der Waals surface area contributed by atoms with Crippen LogP contribution in [0, 0.1) is 20.8 Å². The summed E-state index contributed by atoms with van der Waals surface area (Å²) < 4.78 is 71.8. The third-order valence-corrected chi connectivity index (χ3v) is 6.14. The predicted molar refractivity (Wildman–Crippen MR) is 109 cm³/mol. The second-order valence-electron chi connectivity index (χ2n) is 8.43. The Morgan fingerprint density at radius 3 is 2.16 bits per heavy atom. The van der Waals surface area contributed by atoms with Gasteiger partial charge in [0.05, 0.1) is 17.9 Å². The Morgan fingerprint density at radius 1 is 1.13 bits per heavy atom. The van der Waals surface area contributed by atoms with Crippen molar-refractivity contribution < 1.29 is 35.3 Å². The Labute approximate surface area is 179 Å². The second kappa shape index (κ2) is 8.12. The van der Waals surface area contributed by atoms with E-state index in [2.05, 4.69) is 5.32 Å². The maximum Gasteiger partial charge on any atom is 0.411 e. The van der Waals surface area contributed by atoms with Crippen LogP contribution >= 0.6 is 0 Å². The minimum Gasteiger partial charge on any atom is -0.384 e. The number of benzene rings is 1. The third-order valence-electron chi connectivity index (χ3n) is 5.67. The van der Waals surface area contributed by atoms with Gasteiger partial charge in [-0.1, -0.05) is 17.7 Å². The first-order valence-electron chi connectivity index (χ1n) is 9.94. The molecule has 0 saturated heterocycles. The molecular formula is C21H26F3NO5S. The Balaban J connectivity index is 2.00. The summed E-state index contributed by atoms with van der Waals surface area (Å²) in [6.45, 7) is 4.25. The molecule has 2 aliphatic rings. The quantitative estimate of drug-likeness (QED) is 0.677. The number of amides is 1. The zero-order valence-corrected chi connectivity index (χ0v) is 18.7. The topological polar surface area (TPSA) is 81.7 Å². The molecule has 0 aromatic heterocycles. The number of aryl methyl sites for hydroxylation is 3. The highest BCUT2D eigenvalue weighted by Gasteiger charge is 2.51. The summed E-state index contributed by atoms with van der Waals surface area (Å²) in [6.07, 6.45) is -3.27. The number of carbonyl (C=O) groups excluding carboxylic acids is 1. The SMILES string of the molecule is Cc1cc(C)c(C2=C(OS(C)(=O)=O)C3(CCC(OCC(F)(F)F)CC3)NC2=O)c(C)c1. The molecule has 1 N–H and O–H groups in total. The summed E-state index contributed by atoms with van der Waals surface area (Å²) >= 11 is 0. The average Bonchev–Trinajstić information content (AvgIpc) is 2.84. The van der Waals surface area contributed by atoms with E-state index in [9.17, 15) is 26.4 Å². The van der Waals surface area contributed by atoms with Gasteiger partial charge in [0, 0.05) is 0 Å². The zero-order chi connectivity index (χ0) is 23.2. The number of carbonyl (C=O) groups is 1. The Morgan fingerprint density at radius 2 is 1.68 bits per heavy atom. The molecule has 10 heteroatoms. The molecule has 0 bridgehead atoms. The summed E-state index contributed by atoms with van der Waals surface area (Å²) in [5.74, 6) is -0.437. The molecule has 0 atom stereocenters. The number of nitrogens with one attached hydrogen (secondary N) is 1.